The van der Waals surface area contributed by atoms with E-state index < -0.39 is 0 Å². The predicted octanol–water partition coefficient (Wildman–Crippen LogP) is 0.629. The number of anilines is 2. The zero-order chi connectivity index (χ0) is 14.5. The first-order valence-electron chi connectivity index (χ1n) is 6.43. The van der Waals surface area contributed by atoms with Crippen LogP contribution in [0.3, 0.4) is 0 Å². The first kappa shape index (κ1) is 14.0. The molecule has 0 radical (unpaired) electrons. The third kappa shape index (κ3) is 3.81. The molecule has 3 N–H and O–H groups in total. The van der Waals surface area contributed by atoms with Gasteiger partial charge in [0, 0.05) is 32.4 Å². The topological polar surface area (TPSA) is 104 Å². The van der Waals surface area contributed by atoms with Crippen molar-refractivity contribution in [3.8, 4) is 6.01 Å². The van der Waals surface area contributed by atoms with E-state index in [1.807, 2.05) is 31.7 Å². The standard InChI is InChI=1S/C12H19N7O/c1-8(2)20-12-17-10(13)16-11(18-12)15-5-4-9-14-6-7-19(9)3/h6-8H,4-5H2,1-3H3,(H3,13,15,16,17,18). The molecule has 0 aromatic carbocycles. The third-order valence-electron chi connectivity index (χ3n) is 2.53. The summed E-state index contributed by atoms with van der Waals surface area (Å²) >= 11 is 0. The van der Waals surface area contributed by atoms with Gasteiger partial charge in [0.2, 0.25) is 11.9 Å². The molecule has 0 saturated heterocycles. The van der Waals surface area contributed by atoms with E-state index in [2.05, 4.69) is 25.3 Å². The molecule has 8 nitrogen and oxygen atoms in total. The van der Waals surface area contributed by atoms with Gasteiger partial charge in [-0.2, -0.15) is 15.0 Å². The van der Waals surface area contributed by atoms with Crippen LogP contribution in [0.4, 0.5) is 11.9 Å². The van der Waals surface area contributed by atoms with Gasteiger partial charge in [0.15, 0.2) is 0 Å². The molecule has 0 aliphatic heterocycles. The summed E-state index contributed by atoms with van der Waals surface area (Å²) in [6, 6.07) is 0.229. The van der Waals surface area contributed by atoms with E-state index in [1.54, 1.807) is 6.20 Å². The van der Waals surface area contributed by atoms with Crippen molar-refractivity contribution < 1.29 is 4.74 Å². The largest absolute Gasteiger partial charge is 0.461 e. The quantitative estimate of drug-likeness (QED) is 0.798. The monoisotopic (exact) mass is 277 g/mol. The molecule has 20 heavy (non-hydrogen) atoms. The smallest absolute Gasteiger partial charge is 0.323 e. The molecule has 2 aromatic heterocycles. The number of nitrogens with two attached hydrogens (primary N) is 1. The minimum atomic E-state index is -0.0165. The molecule has 0 bridgehead atoms. The number of hydrogen-bond acceptors (Lipinski definition) is 7. The number of nitrogen functional groups attached to an aromatic ring is 1. The maximum Gasteiger partial charge on any atom is 0.323 e. The molecule has 108 valence electrons. The number of imidazole rings is 1. The van der Waals surface area contributed by atoms with Crippen LogP contribution in [-0.4, -0.2) is 37.2 Å². The van der Waals surface area contributed by atoms with E-state index in [4.69, 9.17) is 10.5 Å². The fourth-order valence-corrected chi connectivity index (χ4v) is 1.64. The number of rotatable bonds is 6. The van der Waals surface area contributed by atoms with Crippen LogP contribution in [0.15, 0.2) is 12.4 Å². The van der Waals surface area contributed by atoms with E-state index in [1.165, 1.54) is 0 Å². The molecular weight excluding hydrogens is 258 g/mol. The summed E-state index contributed by atoms with van der Waals surface area (Å²) in [4.78, 5) is 16.3. The normalized spacial score (nSPS) is 10.8. The maximum atomic E-state index is 5.63. The molecule has 2 rings (SSSR count). The van der Waals surface area contributed by atoms with E-state index in [9.17, 15) is 0 Å². The summed E-state index contributed by atoms with van der Waals surface area (Å²) < 4.78 is 7.38. The van der Waals surface area contributed by atoms with Gasteiger partial charge >= 0.3 is 6.01 Å². The Bertz CT molecular complexity index is 567. The number of ether oxygens (including phenoxy) is 1. The van der Waals surface area contributed by atoms with Crippen molar-refractivity contribution in [3.05, 3.63) is 18.2 Å². The molecular formula is C12H19N7O. The Morgan fingerprint density at radius 2 is 2.15 bits per heavy atom. The summed E-state index contributed by atoms with van der Waals surface area (Å²) in [6.07, 6.45) is 4.42. The highest BCUT2D eigenvalue weighted by molar-refractivity contribution is 5.32. The van der Waals surface area contributed by atoms with Crippen LogP contribution >= 0.6 is 0 Å². The number of hydrogen-bond donors (Lipinski definition) is 2. The van der Waals surface area contributed by atoms with Crippen molar-refractivity contribution in [3.63, 3.8) is 0 Å². The number of aryl methyl sites for hydroxylation is 1. The Balaban J connectivity index is 1.95. The lowest BCUT2D eigenvalue weighted by atomic mass is 10.4. The Morgan fingerprint density at radius 1 is 1.35 bits per heavy atom. The lowest BCUT2D eigenvalue weighted by molar-refractivity contribution is 0.222. The minimum Gasteiger partial charge on any atom is -0.461 e. The number of aromatic nitrogens is 5. The molecule has 0 saturated carbocycles. The van der Waals surface area contributed by atoms with E-state index in [0.717, 1.165) is 12.2 Å². The van der Waals surface area contributed by atoms with Crippen LogP contribution in [0.2, 0.25) is 0 Å². The van der Waals surface area contributed by atoms with Crippen LogP contribution in [0, 0.1) is 0 Å². The summed E-state index contributed by atoms with van der Waals surface area (Å²) in [5.74, 6) is 1.52. The van der Waals surface area contributed by atoms with E-state index in [-0.39, 0.29) is 18.1 Å². The zero-order valence-corrected chi connectivity index (χ0v) is 11.9. The van der Waals surface area contributed by atoms with Crippen LogP contribution in [0.25, 0.3) is 0 Å². The number of nitrogens with one attached hydrogen (secondary N) is 1. The lowest BCUT2D eigenvalue weighted by Crippen LogP contribution is -2.14. The van der Waals surface area contributed by atoms with Crippen molar-refractivity contribution in [2.75, 3.05) is 17.6 Å². The fourth-order valence-electron chi connectivity index (χ4n) is 1.64. The van der Waals surface area contributed by atoms with E-state index >= 15 is 0 Å². The van der Waals surface area contributed by atoms with Gasteiger partial charge in [-0.3, -0.25) is 0 Å². The summed E-state index contributed by atoms with van der Waals surface area (Å²) in [7, 11) is 1.96. The highest BCUT2D eigenvalue weighted by atomic mass is 16.5. The second kappa shape index (κ2) is 6.18. The zero-order valence-electron chi connectivity index (χ0n) is 11.9. The van der Waals surface area contributed by atoms with Gasteiger partial charge in [-0.1, -0.05) is 0 Å². The van der Waals surface area contributed by atoms with Gasteiger partial charge in [0.25, 0.3) is 0 Å². The molecule has 8 heteroatoms. The van der Waals surface area contributed by atoms with Crippen molar-refractivity contribution in [2.24, 2.45) is 7.05 Å². The average Bonchev–Trinajstić information content (AvgIpc) is 2.73. The highest BCUT2D eigenvalue weighted by Gasteiger charge is 2.07. The van der Waals surface area contributed by atoms with E-state index in [0.29, 0.717) is 12.5 Å². The Labute approximate surface area is 117 Å². The first-order valence-corrected chi connectivity index (χ1v) is 6.43. The summed E-state index contributed by atoms with van der Waals surface area (Å²) in [5.41, 5.74) is 5.63. The summed E-state index contributed by atoms with van der Waals surface area (Å²) in [5, 5.41) is 3.09. The van der Waals surface area contributed by atoms with Gasteiger partial charge in [-0.15, -0.1) is 0 Å². The predicted molar refractivity (Wildman–Crippen MR) is 75.4 cm³/mol. The molecule has 0 spiro atoms. The lowest BCUT2D eigenvalue weighted by Gasteiger charge is -2.10. The van der Waals surface area contributed by atoms with Crippen molar-refractivity contribution >= 4 is 11.9 Å². The Kier molecular flexibility index (Phi) is 4.34. The average molecular weight is 277 g/mol. The first-order chi connectivity index (χ1) is 9.54. The second-order valence-corrected chi connectivity index (χ2v) is 4.60. The SMILES string of the molecule is CC(C)Oc1nc(N)nc(NCCc2nccn2C)n1. The number of nitrogens with zero attached hydrogens (tertiary/aromatic N) is 5. The van der Waals surface area contributed by atoms with Gasteiger partial charge in [-0.05, 0) is 13.8 Å². The van der Waals surface area contributed by atoms with Crippen LogP contribution in [0.5, 0.6) is 6.01 Å². The minimum absolute atomic E-state index is 0.0165. The van der Waals surface area contributed by atoms with Gasteiger partial charge in [0.1, 0.15) is 5.82 Å². The fraction of sp³-hybridized carbons (Fsp3) is 0.500. The highest BCUT2D eigenvalue weighted by Crippen LogP contribution is 2.10. The molecule has 0 atom stereocenters. The molecule has 0 amide bonds. The maximum absolute atomic E-state index is 5.63. The molecule has 0 unspecified atom stereocenters. The van der Waals surface area contributed by atoms with Gasteiger partial charge in [-0.25, -0.2) is 4.98 Å². The van der Waals surface area contributed by atoms with Crippen molar-refractivity contribution in [1.29, 1.82) is 0 Å². The van der Waals surface area contributed by atoms with Crippen LogP contribution in [-0.2, 0) is 13.5 Å². The molecule has 0 aliphatic rings. The van der Waals surface area contributed by atoms with Crippen LogP contribution in [0.1, 0.15) is 19.7 Å². The van der Waals surface area contributed by atoms with Crippen molar-refractivity contribution in [1.82, 2.24) is 24.5 Å². The molecule has 2 aromatic rings. The van der Waals surface area contributed by atoms with Gasteiger partial charge < -0.3 is 20.4 Å². The van der Waals surface area contributed by atoms with Crippen molar-refractivity contribution in [2.45, 2.75) is 26.4 Å². The molecule has 0 aliphatic carbocycles. The second-order valence-electron chi connectivity index (χ2n) is 4.60. The molecule has 0 fully saturated rings. The molecule has 2 heterocycles. The summed E-state index contributed by atoms with van der Waals surface area (Å²) in [6.45, 7) is 4.44. The van der Waals surface area contributed by atoms with Crippen LogP contribution < -0.4 is 15.8 Å². The van der Waals surface area contributed by atoms with Gasteiger partial charge in [0.05, 0.1) is 6.10 Å². The Hall–Kier alpha value is -2.38. The Morgan fingerprint density at radius 3 is 2.80 bits per heavy atom. The third-order valence-corrected chi connectivity index (χ3v) is 2.53.